The lowest BCUT2D eigenvalue weighted by molar-refractivity contribution is -0.103. The summed E-state index contributed by atoms with van der Waals surface area (Å²) in [5, 5.41) is 17.1. The zero-order valence-electron chi connectivity index (χ0n) is 5.02. The molecule has 0 aliphatic heterocycles. The molecule has 0 amide bonds. The van der Waals surface area contributed by atoms with Crippen molar-refractivity contribution in [2.75, 3.05) is 0 Å². The van der Waals surface area contributed by atoms with Crippen molar-refractivity contribution in [3.8, 4) is 0 Å². The van der Waals surface area contributed by atoms with Crippen molar-refractivity contribution in [2.45, 2.75) is 13.3 Å². The summed E-state index contributed by atoms with van der Waals surface area (Å²) in [4.78, 5) is 3.78. The van der Waals surface area contributed by atoms with E-state index >= 15 is 0 Å². The van der Waals surface area contributed by atoms with Crippen LogP contribution in [0, 0.1) is 6.92 Å². The summed E-state index contributed by atoms with van der Waals surface area (Å²) in [6.45, 7) is 1.69. The van der Waals surface area contributed by atoms with Crippen molar-refractivity contribution in [1.82, 2.24) is 9.55 Å². The lowest BCUT2D eigenvalue weighted by Crippen LogP contribution is -2.06. The Morgan fingerprint density at radius 3 is 2.56 bits per heavy atom. The molecule has 1 rings (SSSR count). The van der Waals surface area contributed by atoms with Crippen LogP contribution in [0.4, 0.5) is 0 Å². The van der Waals surface area contributed by atoms with E-state index in [1.165, 1.54) is 17.0 Å². The number of nitrogens with zero attached hydrogens (tertiary/aromatic N) is 2. The first kappa shape index (κ1) is 6.25. The summed E-state index contributed by atoms with van der Waals surface area (Å²) in [6.07, 6.45) is 1.54. The molecule has 0 unspecified atom stereocenters. The van der Waals surface area contributed by atoms with Crippen LogP contribution in [0.3, 0.4) is 0 Å². The van der Waals surface area contributed by atoms with Crippen LogP contribution in [0.15, 0.2) is 12.4 Å². The zero-order chi connectivity index (χ0) is 6.85. The Balaban J connectivity index is 2.94. The summed E-state index contributed by atoms with van der Waals surface area (Å²) in [5.41, 5.74) is 0. The Kier molecular flexibility index (Phi) is 1.50. The fourth-order valence-electron chi connectivity index (χ4n) is 0.632. The molecule has 4 heteroatoms. The molecule has 0 aliphatic rings. The maximum absolute atomic E-state index is 8.57. The van der Waals surface area contributed by atoms with Crippen molar-refractivity contribution in [3.63, 3.8) is 0 Å². The number of hydrogen-bond acceptors (Lipinski definition) is 3. The van der Waals surface area contributed by atoms with Crippen LogP contribution in [-0.2, 0) is 0 Å². The monoisotopic (exact) mass is 128 g/mol. The van der Waals surface area contributed by atoms with Crippen LogP contribution in [0.5, 0.6) is 0 Å². The first-order chi connectivity index (χ1) is 4.22. The average molecular weight is 128 g/mol. The summed E-state index contributed by atoms with van der Waals surface area (Å²) in [5.74, 6) is 0.588. The van der Waals surface area contributed by atoms with Gasteiger partial charge in [-0.25, -0.2) is 4.98 Å². The van der Waals surface area contributed by atoms with E-state index in [1.807, 2.05) is 0 Å². The number of hydrogen-bond donors (Lipinski definition) is 2. The minimum absolute atomic E-state index is 0.588. The van der Waals surface area contributed by atoms with E-state index in [4.69, 9.17) is 10.2 Å². The molecule has 0 bridgehead atoms. The summed E-state index contributed by atoms with van der Waals surface area (Å²) < 4.78 is 1.25. The second kappa shape index (κ2) is 2.16. The van der Waals surface area contributed by atoms with Gasteiger partial charge in [-0.15, -0.1) is 0 Å². The van der Waals surface area contributed by atoms with E-state index in [1.54, 1.807) is 6.92 Å². The number of imidazole rings is 1. The van der Waals surface area contributed by atoms with Crippen LogP contribution in [0.1, 0.15) is 12.2 Å². The molecular formula is C5H8N2O2. The molecule has 0 atom stereocenters. The van der Waals surface area contributed by atoms with Gasteiger partial charge in [0.25, 0.3) is 0 Å². The van der Waals surface area contributed by atoms with E-state index in [2.05, 4.69) is 4.98 Å². The minimum atomic E-state index is -1.47. The third-order valence-electron chi connectivity index (χ3n) is 1.11. The van der Waals surface area contributed by atoms with Crippen LogP contribution < -0.4 is 0 Å². The van der Waals surface area contributed by atoms with Crippen LogP contribution >= 0.6 is 0 Å². The van der Waals surface area contributed by atoms with E-state index in [9.17, 15) is 0 Å². The SMILES string of the molecule is Cc1nccn1C(O)O. The van der Waals surface area contributed by atoms with E-state index < -0.39 is 6.41 Å². The molecule has 9 heavy (non-hydrogen) atoms. The van der Waals surface area contributed by atoms with Crippen molar-refractivity contribution in [3.05, 3.63) is 18.2 Å². The van der Waals surface area contributed by atoms with Gasteiger partial charge in [-0.3, -0.25) is 4.57 Å². The molecule has 0 saturated carbocycles. The molecule has 1 heterocycles. The highest BCUT2D eigenvalue weighted by molar-refractivity contribution is 4.88. The lowest BCUT2D eigenvalue weighted by atomic mass is 10.7. The van der Waals surface area contributed by atoms with Gasteiger partial charge in [-0.05, 0) is 6.92 Å². The molecule has 1 aromatic rings. The fourth-order valence-corrected chi connectivity index (χ4v) is 0.632. The van der Waals surface area contributed by atoms with E-state index in [0.29, 0.717) is 5.82 Å². The normalized spacial score (nSPS) is 10.7. The Hall–Kier alpha value is -0.870. The van der Waals surface area contributed by atoms with Crippen LogP contribution in [-0.4, -0.2) is 19.8 Å². The van der Waals surface area contributed by atoms with E-state index in [0.717, 1.165) is 0 Å². The minimum Gasteiger partial charge on any atom is -0.351 e. The van der Waals surface area contributed by atoms with Crippen molar-refractivity contribution >= 4 is 0 Å². The Morgan fingerprint density at radius 1 is 1.67 bits per heavy atom. The summed E-state index contributed by atoms with van der Waals surface area (Å²) in [7, 11) is 0. The molecule has 0 spiro atoms. The molecule has 0 radical (unpaired) electrons. The van der Waals surface area contributed by atoms with Gasteiger partial charge < -0.3 is 10.2 Å². The maximum Gasteiger partial charge on any atom is 0.240 e. The summed E-state index contributed by atoms with van der Waals surface area (Å²) in [6, 6.07) is 0. The number of aromatic nitrogens is 2. The van der Waals surface area contributed by atoms with Crippen LogP contribution in [0.25, 0.3) is 0 Å². The smallest absolute Gasteiger partial charge is 0.240 e. The zero-order valence-corrected chi connectivity index (χ0v) is 5.02. The predicted molar refractivity (Wildman–Crippen MR) is 30.4 cm³/mol. The average Bonchev–Trinajstić information content (AvgIpc) is 2.13. The highest BCUT2D eigenvalue weighted by atomic mass is 16.5. The van der Waals surface area contributed by atoms with E-state index in [-0.39, 0.29) is 0 Å². The Labute approximate surface area is 52.4 Å². The quantitative estimate of drug-likeness (QED) is 0.507. The van der Waals surface area contributed by atoms with Gasteiger partial charge in [-0.2, -0.15) is 0 Å². The van der Waals surface area contributed by atoms with Gasteiger partial charge in [-0.1, -0.05) is 0 Å². The molecule has 4 nitrogen and oxygen atoms in total. The standard InChI is InChI=1S/C5H8N2O2/c1-4-6-2-3-7(4)5(8)9/h2-3,5,8-9H,1H3. The van der Waals surface area contributed by atoms with Gasteiger partial charge in [0.05, 0.1) is 0 Å². The van der Waals surface area contributed by atoms with Gasteiger partial charge in [0.1, 0.15) is 5.82 Å². The highest BCUT2D eigenvalue weighted by Crippen LogP contribution is 2.00. The van der Waals surface area contributed by atoms with Crippen molar-refractivity contribution in [2.24, 2.45) is 0 Å². The number of aliphatic hydroxyl groups is 2. The first-order valence-electron chi connectivity index (χ1n) is 2.57. The number of aliphatic hydroxyl groups excluding tert-OH is 1. The third kappa shape index (κ3) is 1.09. The first-order valence-corrected chi connectivity index (χ1v) is 2.57. The van der Waals surface area contributed by atoms with Gasteiger partial charge in [0, 0.05) is 12.4 Å². The van der Waals surface area contributed by atoms with Gasteiger partial charge >= 0.3 is 0 Å². The molecule has 0 fully saturated rings. The molecule has 0 aliphatic carbocycles. The third-order valence-corrected chi connectivity index (χ3v) is 1.11. The molecule has 0 saturated heterocycles. The largest absolute Gasteiger partial charge is 0.351 e. The Morgan fingerprint density at radius 2 is 2.33 bits per heavy atom. The molecule has 1 aromatic heterocycles. The number of aryl methyl sites for hydroxylation is 1. The van der Waals surface area contributed by atoms with Gasteiger partial charge in [0.2, 0.25) is 6.41 Å². The fraction of sp³-hybridized carbons (Fsp3) is 0.400. The van der Waals surface area contributed by atoms with Crippen molar-refractivity contribution in [1.29, 1.82) is 0 Å². The Bertz CT molecular complexity index is 195. The second-order valence-electron chi connectivity index (χ2n) is 1.73. The molecule has 0 aromatic carbocycles. The predicted octanol–water partition coefficient (Wildman–Crippen LogP) is -0.368. The molecule has 50 valence electrons. The number of rotatable bonds is 1. The summed E-state index contributed by atoms with van der Waals surface area (Å²) >= 11 is 0. The maximum atomic E-state index is 8.57. The lowest BCUT2D eigenvalue weighted by Gasteiger charge is -2.04. The highest BCUT2D eigenvalue weighted by Gasteiger charge is 2.01. The second-order valence-corrected chi connectivity index (χ2v) is 1.73. The topological polar surface area (TPSA) is 58.3 Å². The van der Waals surface area contributed by atoms with Gasteiger partial charge in [0.15, 0.2) is 0 Å². The van der Waals surface area contributed by atoms with Crippen LogP contribution in [0.2, 0.25) is 0 Å². The van der Waals surface area contributed by atoms with Crippen molar-refractivity contribution < 1.29 is 10.2 Å². The molecular weight excluding hydrogens is 120 g/mol. The molecule has 2 N–H and O–H groups in total.